The summed E-state index contributed by atoms with van der Waals surface area (Å²) in [5.41, 5.74) is 0. The Labute approximate surface area is 87.8 Å². The zero-order valence-electron chi connectivity index (χ0n) is 8.77. The first-order chi connectivity index (χ1) is 7.15. The first-order valence-corrected chi connectivity index (χ1v) is 4.83. The van der Waals surface area contributed by atoms with Gasteiger partial charge in [-0.05, 0) is 0 Å². The van der Waals surface area contributed by atoms with Crippen LogP contribution in [0.2, 0.25) is 0 Å². The lowest BCUT2D eigenvalue weighted by Gasteiger charge is -2.15. The number of aliphatic hydroxyl groups excluding tert-OH is 1. The number of hydrogen-bond donors (Lipinski definition) is 3. The van der Waals surface area contributed by atoms with Gasteiger partial charge < -0.3 is 25.5 Å². The number of nitrogens with zero attached hydrogens (tertiary/aromatic N) is 3. The Kier molecular flexibility index (Phi) is 2.39. The maximum atomic E-state index is 11.5. The normalized spacial score (nSPS) is 29.0. The molecule has 2 unspecified atom stereocenters. The summed E-state index contributed by atoms with van der Waals surface area (Å²) in [5.74, 6) is 0.630. The third-order valence-electron chi connectivity index (χ3n) is 2.68. The van der Waals surface area contributed by atoms with Gasteiger partial charge in [-0.1, -0.05) is 0 Å². The average molecular weight is 213 g/mol. The standard InChI is InChI=1S/C8H15N5O2/c1-12-5-6(13(2)8(12)15)11-7(10-5)9-3-4-14/h5-6,14H,3-4H2,1-2H3,(H2,9,10,11). The van der Waals surface area contributed by atoms with E-state index in [2.05, 4.69) is 15.6 Å². The van der Waals surface area contributed by atoms with Crippen LogP contribution in [-0.2, 0) is 0 Å². The van der Waals surface area contributed by atoms with Crippen LogP contribution in [0, 0.1) is 0 Å². The van der Waals surface area contributed by atoms with E-state index in [0.717, 1.165) is 0 Å². The highest BCUT2D eigenvalue weighted by Gasteiger charge is 2.46. The average Bonchev–Trinajstić information content (AvgIpc) is 2.73. The molecule has 2 fully saturated rings. The van der Waals surface area contributed by atoms with Gasteiger partial charge in [0.1, 0.15) is 12.3 Å². The van der Waals surface area contributed by atoms with Gasteiger partial charge in [0, 0.05) is 14.1 Å². The number of aliphatic hydroxyl groups is 1. The molecule has 0 saturated carbocycles. The van der Waals surface area contributed by atoms with Gasteiger partial charge >= 0.3 is 6.03 Å². The minimum atomic E-state index is -0.0834. The molecule has 15 heavy (non-hydrogen) atoms. The number of likely N-dealkylation sites (N-methyl/N-ethyl adjacent to an activating group) is 2. The van der Waals surface area contributed by atoms with Crippen LogP contribution in [0.15, 0.2) is 4.99 Å². The third kappa shape index (κ3) is 1.48. The van der Waals surface area contributed by atoms with Gasteiger partial charge in [-0.15, -0.1) is 0 Å². The second kappa shape index (κ2) is 3.58. The first-order valence-electron chi connectivity index (χ1n) is 4.83. The molecule has 3 N–H and O–H groups in total. The summed E-state index contributed by atoms with van der Waals surface area (Å²) >= 11 is 0. The van der Waals surface area contributed by atoms with Crippen molar-refractivity contribution >= 4 is 12.0 Å². The van der Waals surface area contributed by atoms with Gasteiger partial charge in [-0.2, -0.15) is 0 Å². The number of carbonyl (C=O) groups excluding carboxylic acids is 1. The smallest absolute Gasteiger partial charge is 0.323 e. The molecule has 0 aliphatic carbocycles. The monoisotopic (exact) mass is 213 g/mol. The van der Waals surface area contributed by atoms with Gasteiger partial charge in [0.25, 0.3) is 0 Å². The fourth-order valence-corrected chi connectivity index (χ4v) is 1.84. The van der Waals surface area contributed by atoms with Crippen molar-refractivity contribution in [3.05, 3.63) is 0 Å². The lowest BCUT2D eigenvalue weighted by molar-refractivity contribution is 0.197. The summed E-state index contributed by atoms with van der Waals surface area (Å²) < 4.78 is 0. The molecule has 0 aromatic rings. The summed E-state index contributed by atoms with van der Waals surface area (Å²) in [6, 6.07) is -0.0220. The Hall–Kier alpha value is -1.50. The lowest BCUT2D eigenvalue weighted by Crippen LogP contribution is -2.41. The molecular formula is C8H15N5O2. The number of fused-ring (bicyclic) bond motifs is 1. The van der Waals surface area contributed by atoms with E-state index in [9.17, 15) is 4.79 Å². The van der Waals surface area contributed by atoms with Gasteiger partial charge in [-0.25, -0.2) is 4.79 Å². The molecule has 0 spiro atoms. The van der Waals surface area contributed by atoms with E-state index in [-0.39, 0.29) is 25.0 Å². The van der Waals surface area contributed by atoms with Crippen molar-refractivity contribution in [1.29, 1.82) is 0 Å². The highest BCUT2D eigenvalue weighted by atomic mass is 16.3. The molecule has 7 heteroatoms. The molecule has 2 heterocycles. The van der Waals surface area contributed by atoms with E-state index in [0.29, 0.717) is 12.5 Å². The van der Waals surface area contributed by atoms with Crippen LogP contribution in [0.1, 0.15) is 0 Å². The van der Waals surface area contributed by atoms with E-state index in [1.54, 1.807) is 23.9 Å². The van der Waals surface area contributed by atoms with Gasteiger partial charge in [0.15, 0.2) is 5.96 Å². The molecule has 7 nitrogen and oxygen atoms in total. The molecule has 0 aromatic carbocycles. The summed E-state index contributed by atoms with van der Waals surface area (Å²) in [6.45, 7) is 0.378. The van der Waals surface area contributed by atoms with Crippen molar-refractivity contribution in [2.75, 3.05) is 27.2 Å². The third-order valence-corrected chi connectivity index (χ3v) is 2.68. The Morgan fingerprint density at radius 2 is 1.87 bits per heavy atom. The Morgan fingerprint density at radius 3 is 2.33 bits per heavy atom. The predicted molar refractivity (Wildman–Crippen MR) is 54.2 cm³/mol. The lowest BCUT2D eigenvalue weighted by atomic mass is 10.4. The quantitative estimate of drug-likeness (QED) is 0.504. The van der Waals surface area contributed by atoms with E-state index in [1.807, 2.05) is 0 Å². The molecule has 2 amide bonds. The molecule has 0 radical (unpaired) electrons. The second-order valence-electron chi connectivity index (χ2n) is 3.64. The number of amides is 2. The molecule has 84 valence electrons. The van der Waals surface area contributed by atoms with E-state index in [4.69, 9.17) is 5.11 Å². The number of nitrogens with one attached hydrogen (secondary N) is 2. The molecule has 0 aromatic heterocycles. The van der Waals surface area contributed by atoms with Gasteiger partial charge in [0.05, 0.1) is 13.2 Å². The zero-order valence-corrected chi connectivity index (χ0v) is 8.77. The maximum absolute atomic E-state index is 11.5. The van der Waals surface area contributed by atoms with E-state index < -0.39 is 0 Å². The second-order valence-corrected chi connectivity index (χ2v) is 3.64. The minimum absolute atomic E-state index is 0.0206. The molecule has 0 bridgehead atoms. The van der Waals surface area contributed by atoms with Crippen LogP contribution in [0.25, 0.3) is 0 Å². The number of aliphatic imine (C=N–C) groups is 1. The molecule has 2 atom stereocenters. The largest absolute Gasteiger partial charge is 0.394 e. The minimum Gasteiger partial charge on any atom is -0.394 e. The molecular weight excluding hydrogens is 198 g/mol. The van der Waals surface area contributed by atoms with Crippen molar-refractivity contribution in [3.63, 3.8) is 0 Å². The number of rotatable bonds is 2. The van der Waals surface area contributed by atoms with Crippen LogP contribution in [0.5, 0.6) is 0 Å². The van der Waals surface area contributed by atoms with Crippen molar-refractivity contribution in [3.8, 4) is 0 Å². The maximum Gasteiger partial charge on any atom is 0.323 e. The Morgan fingerprint density at radius 1 is 1.33 bits per heavy atom. The summed E-state index contributed by atoms with van der Waals surface area (Å²) in [4.78, 5) is 18.9. The molecule has 2 rings (SSSR count). The fraction of sp³-hybridized carbons (Fsp3) is 0.750. The fourth-order valence-electron chi connectivity index (χ4n) is 1.84. The molecule has 2 aliphatic rings. The van der Waals surface area contributed by atoms with Crippen molar-refractivity contribution < 1.29 is 9.90 Å². The van der Waals surface area contributed by atoms with Gasteiger partial charge in [0.2, 0.25) is 0 Å². The molecule has 2 aliphatic heterocycles. The van der Waals surface area contributed by atoms with E-state index in [1.165, 1.54) is 0 Å². The summed E-state index contributed by atoms with van der Waals surface area (Å²) in [7, 11) is 3.49. The first kappa shape index (κ1) is 10.0. The Bertz CT molecular complexity index is 283. The predicted octanol–water partition coefficient (Wildman–Crippen LogP) is -1.82. The topological polar surface area (TPSA) is 80.2 Å². The zero-order chi connectivity index (χ0) is 11.0. The highest BCUT2D eigenvalue weighted by Crippen LogP contribution is 2.19. The van der Waals surface area contributed by atoms with Crippen LogP contribution >= 0.6 is 0 Å². The summed E-state index contributed by atoms with van der Waals surface area (Å²) in [6.07, 6.45) is -0.167. The van der Waals surface area contributed by atoms with Crippen LogP contribution in [-0.4, -0.2) is 66.5 Å². The van der Waals surface area contributed by atoms with Crippen LogP contribution < -0.4 is 10.6 Å². The van der Waals surface area contributed by atoms with Crippen LogP contribution in [0.4, 0.5) is 4.79 Å². The van der Waals surface area contributed by atoms with E-state index >= 15 is 0 Å². The number of hydrogen-bond acceptors (Lipinski definition) is 3. The number of guanidine groups is 1. The van der Waals surface area contributed by atoms with Gasteiger partial charge in [-0.3, -0.25) is 4.99 Å². The molecule has 2 saturated heterocycles. The summed E-state index contributed by atoms with van der Waals surface area (Å²) in [5, 5.41) is 14.8. The van der Waals surface area contributed by atoms with Crippen molar-refractivity contribution in [2.24, 2.45) is 4.99 Å². The highest BCUT2D eigenvalue weighted by molar-refractivity contribution is 5.87. The van der Waals surface area contributed by atoms with Crippen molar-refractivity contribution in [2.45, 2.75) is 12.3 Å². The number of carbonyl (C=O) groups is 1. The Balaban J connectivity index is 2.08. The van der Waals surface area contributed by atoms with Crippen molar-refractivity contribution in [1.82, 2.24) is 20.4 Å². The van der Waals surface area contributed by atoms with Crippen LogP contribution in [0.3, 0.4) is 0 Å². The number of urea groups is 1. The SMILES string of the molecule is CN1C(=O)N(C)C2NC(=NCCO)NC21.